The molecule has 0 spiro atoms. The first-order chi connectivity index (χ1) is 15.2. The molecule has 0 N–H and O–H groups in total. The molecule has 0 radical (unpaired) electrons. The van der Waals surface area contributed by atoms with Crippen LogP contribution in [-0.2, 0) is 6.54 Å². The highest BCUT2D eigenvalue weighted by atomic mass is 16.6. The van der Waals surface area contributed by atoms with Gasteiger partial charge >= 0.3 is 0 Å². The van der Waals surface area contributed by atoms with Crippen molar-refractivity contribution in [3.05, 3.63) is 82.1 Å². The van der Waals surface area contributed by atoms with Crippen molar-refractivity contribution in [3.63, 3.8) is 0 Å². The summed E-state index contributed by atoms with van der Waals surface area (Å²) >= 11 is 0. The molecule has 2 aliphatic heterocycles. The quantitative estimate of drug-likeness (QED) is 0.375. The summed E-state index contributed by atoms with van der Waals surface area (Å²) in [6.45, 7) is 4.04. The Morgan fingerprint density at radius 2 is 1.81 bits per heavy atom. The molecule has 2 saturated heterocycles. The molecule has 160 valence electrons. The maximum atomic E-state index is 11.4. The van der Waals surface area contributed by atoms with E-state index < -0.39 is 0 Å². The van der Waals surface area contributed by atoms with E-state index in [0.717, 1.165) is 38.2 Å². The van der Waals surface area contributed by atoms with Gasteiger partial charge in [-0.05, 0) is 68.1 Å². The van der Waals surface area contributed by atoms with Gasteiger partial charge < -0.3 is 9.32 Å². The molecule has 1 aromatic heterocycles. The molecule has 6 nitrogen and oxygen atoms in total. The molecule has 3 aromatic rings. The molecule has 6 heteroatoms. The van der Waals surface area contributed by atoms with Gasteiger partial charge in [-0.1, -0.05) is 24.3 Å². The third kappa shape index (κ3) is 4.08. The molecule has 2 aromatic carbocycles. The number of nitro groups is 1. The lowest BCUT2D eigenvalue weighted by Gasteiger charge is -2.25. The summed E-state index contributed by atoms with van der Waals surface area (Å²) in [5.41, 5.74) is 3.29. The molecule has 0 bridgehead atoms. The molecule has 1 atom stereocenters. The Kier molecular flexibility index (Phi) is 5.47. The number of hydrogen-bond acceptors (Lipinski definition) is 5. The zero-order valence-electron chi connectivity index (χ0n) is 17.6. The van der Waals surface area contributed by atoms with E-state index in [0.29, 0.717) is 23.9 Å². The Hall–Kier alpha value is -3.12. The molecule has 5 rings (SSSR count). The fraction of sp³-hybridized carbons (Fsp3) is 0.360. The van der Waals surface area contributed by atoms with E-state index in [1.54, 1.807) is 18.2 Å². The summed E-state index contributed by atoms with van der Waals surface area (Å²) in [4.78, 5) is 15.9. The fourth-order valence-electron chi connectivity index (χ4n) is 4.95. The van der Waals surface area contributed by atoms with Gasteiger partial charge in [0.1, 0.15) is 11.5 Å². The normalized spacial score (nSPS) is 19.2. The number of hydrogen-bond donors (Lipinski definition) is 0. The SMILES string of the molecule is O=[N+]([O-])c1ccccc1-c1ccc(CN2CCCC2c2cccc(N3CCCC3)c2)o1. The smallest absolute Gasteiger partial charge is 0.280 e. The Bertz CT molecular complexity index is 1070. The number of nitrogens with zero attached hydrogens (tertiary/aromatic N) is 3. The Morgan fingerprint density at radius 3 is 2.65 bits per heavy atom. The second-order valence-electron chi connectivity index (χ2n) is 8.46. The van der Waals surface area contributed by atoms with Crippen LogP contribution in [0.15, 0.2) is 65.1 Å². The predicted octanol–water partition coefficient (Wildman–Crippen LogP) is 5.79. The first-order valence-electron chi connectivity index (χ1n) is 11.1. The lowest BCUT2D eigenvalue weighted by molar-refractivity contribution is -0.384. The van der Waals surface area contributed by atoms with E-state index in [1.165, 1.54) is 30.2 Å². The number of rotatable bonds is 6. The van der Waals surface area contributed by atoms with Crippen LogP contribution >= 0.6 is 0 Å². The zero-order chi connectivity index (χ0) is 21.2. The summed E-state index contributed by atoms with van der Waals surface area (Å²) in [6.07, 6.45) is 4.86. The molecule has 31 heavy (non-hydrogen) atoms. The van der Waals surface area contributed by atoms with Crippen molar-refractivity contribution in [1.29, 1.82) is 0 Å². The van der Waals surface area contributed by atoms with Crippen LogP contribution in [0.25, 0.3) is 11.3 Å². The van der Waals surface area contributed by atoms with E-state index in [-0.39, 0.29) is 10.6 Å². The van der Waals surface area contributed by atoms with E-state index in [4.69, 9.17) is 4.42 Å². The van der Waals surface area contributed by atoms with Gasteiger partial charge in [0.05, 0.1) is 17.0 Å². The minimum absolute atomic E-state index is 0.0705. The largest absolute Gasteiger partial charge is 0.459 e. The Balaban J connectivity index is 1.34. The maximum absolute atomic E-state index is 11.4. The third-order valence-electron chi connectivity index (χ3n) is 6.48. The second-order valence-corrected chi connectivity index (χ2v) is 8.46. The van der Waals surface area contributed by atoms with Gasteiger partial charge in [-0.3, -0.25) is 15.0 Å². The van der Waals surface area contributed by atoms with E-state index in [1.807, 2.05) is 12.1 Å². The molecule has 0 saturated carbocycles. The topological polar surface area (TPSA) is 62.8 Å². The van der Waals surface area contributed by atoms with Gasteiger partial charge in [0.15, 0.2) is 0 Å². The van der Waals surface area contributed by atoms with Crippen LogP contribution in [0.1, 0.15) is 43.0 Å². The standard InChI is InChI=1S/C25H27N3O3/c29-28(30)24-10-2-1-9-22(24)25-13-12-21(31-25)18-27-16-6-11-23(27)19-7-5-8-20(17-19)26-14-3-4-15-26/h1-2,5,7-10,12-13,17,23H,3-4,6,11,14-16,18H2. The molecule has 3 heterocycles. The lowest BCUT2D eigenvalue weighted by atomic mass is 10.0. The highest BCUT2D eigenvalue weighted by molar-refractivity contribution is 5.69. The first-order valence-corrected chi connectivity index (χ1v) is 11.1. The van der Waals surface area contributed by atoms with Crippen LogP contribution in [-0.4, -0.2) is 29.5 Å². The number of benzene rings is 2. The van der Waals surface area contributed by atoms with Crippen LogP contribution in [0.5, 0.6) is 0 Å². The Labute approximate surface area is 182 Å². The summed E-state index contributed by atoms with van der Waals surface area (Å²) in [7, 11) is 0. The number of para-hydroxylation sites is 1. The van der Waals surface area contributed by atoms with Gasteiger partial charge in [-0.25, -0.2) is 0 Å². The van der Waals surface area contributed by atoms with Gasteiger partial charge in [-0.15, -0.1) is 0 Å². The Morgan fingerprint density at radius 1 is 0.968 bits per heavy atom. The predicted molar refractivity (Wildman–Crippen MR) is 121 cm³/mol. The van der Waals surface area contributed by atoms with E-state index >= 15 is 0 Å². The van der Waals surface area contributed by atoms with E-state index in [2.05, 4.69) is 34.1 Å². The third-order valence-corrected chi connectivity index (χ3v) is 6.48. The summed E-state index contributed by atoms with van der Waals surface area (Å²) in [6, 6.07) is 19.9. The average molecular weight is 418 g/mol. The highest BCUT2D eigenvalue weighted by Gasteiger charge is 2.28. The van der Waals surface area contributed by atoms with Gasteiger partial charge in [0.25, 0.3) is 5.69 Å². The molecule has 0 aliphatic carbocycles. The van der Waals surface area contributed by atoms with Crippen molar-refractivity contribution in [3.8, 4) is 11.3 Å². The van der Waals surface area contributed by atoms with Gasteiger partial charge in [-0.2, -0.15) is 0 Å². The summed E-state index contributed by atoms with van der Waals surface area (Å²) in [5, 5.41) is 11.4. The van der Waals surface area contributed by atoms with Crippen molar-refractivity contribution in [2.24, 2.45) is 0 Å². The van der Waals surface area contributed by atoms with E-state index in [9.17, 15) is 10.1 Å². The lowest BCUT2D eigenvalue weighted by Crippen LogP contribution is -2.23. The van der Waals surface area contributed by atoms with Crippen LogP contribution in [0, 0.1) is 10.1 Å². The molecule has 2 fully saturated rings. The number of furan rings is 1. The molecular formula is C25H27N3O3. The van der Waals surface area contributed by atoms with Crippen molar-refractivity contribution in [2.45, 2.75) is 38.3 Å². The van der Waals surface area contributed by atoms with Crippen LogP contribution in [0.2, 0.25) is 0 Å². The molecule has 2 aliphatic rings. The van der Waals surface area contributed by atoms with Crippen LogP contribution < -0.4 is 4.90 Å². The van der Waals surface area contributed by atoms with Gasteiger partial charge in [0, 0.05) is 30.9 Å². The highest BCUT2D eigenvalue weighted by Crippen LogP contribution is 2.36. The van der Waals surface area contributed by atoms with Crippen molar-refractivity contribution in [2.75, 3.05) is 24.5 Å². The second kappa shape index (κ2) is 8.55. The molecule has 1 unspecified atom stereocenters. The van der Waals surface area contributed by atoms with Crippen molar-refractivity contribution in [1.82, 2.24) is 4.90 Å². The monoisotopic (exact) mass is 417 g/mol. The first kappa shape index (κ1) is 19.8. The minimum atomic E-state index is -0.360. The van der Waals surface area contributed by atoms with Gasteiger partial charge in [0.2, 0.25) is 0 Å². The average Bonchev–Trinajstić information content (AvgIpc) is 3.56. The van der Waals surface area contributed by atoms with Crippen molar-refractivity contribution >= 4 is 11.4 Å². The van der Waals surface area contributed by atoms with Crippen molar-refractivity contribution < 1.29 is 9.34 Å². The van der Waals surface area contributed by atoms with Crippen LogP contribution in [0.3, 0.4) is 0 Å². The summed E-state index contributed by atoms with van der Waals surface area (Å²) in [5.74, 6) is 1.39. The minimum Gasteiger partial charge on any atom is -0.459 e. The molecular weight excluding hydrogens is 390 g/mol. The fourth-order valence-corrected chi connectivity index (χ4v) is 4.95. The molecule has 0 amide bonds. The number of anilines is 1. The maximum Gasteiger partial charge on any atom is 0.280 e. The number of nitro benzene ring substituents is 1. The van der Waals surface area contributed by atoms with Crippen LogP contribution in [0.4, 0.5) is 11.4 Å². The zero-order valence-corrected chi connectivity index (χ0v) is 17.6. The number of likely N-dealkylation sites (tertiary alicyclic amines) is 1. The summed E-state index contributed by atoms with van der Waals surface area (Å²) < 4.78 is 6.06.